The molecule has 0 aliphatic carbocycles. The number of methoxy groups -OCH3 is 1. The lowest BCUT2D eigenvalue weighted by molar-refractivity contribution is 0.0696. The summed E-state index contributed by atoms with van der Waals surface area (Å²) < 4.78 is 5.36. The number of benzene rings is 2. The standard InChI is InChI=1S/C20H18N2O4S/c1-26-18-9-6-14(11-17(18)21-12-16-3-2-10-27-16)19(23)22-15-7-4-13(5-8-15)20(24)25/h2-11,21H,12H2,1H3,(H,22,23)(H,24,25). The summed E-state index contributed by atoms with van der Waals surface area (Å²) in [7, 11) is 1.58. The van der Waals surface area contributed by atoms with Crippen LogP contribution in [0.15, 0.2) is 60.0 Å². The summed E-state index contributed by atoms with van der Waals surface area (Å²) in [6, 6.07) is 15.2. The van der Waals surface area contributed by atoms with E-state index in [2.05, 4.69) is 10.6 Å². The van der Waals surface area contributed by atoms with Gasteiger partial charge in [0.25, 0.3) is 5.91 Å². The minimum Gasteiger partial charge on any atom is -0.495 e. The molecule has 0 bridgehead atoms. The molecule has 0 radical (unpaired) electrons. The summed E-state index contributed by atoms with van der Waals surface area (Å²) in [6.07, 6.45) is 0. The van der Waals surface area contributed by atoms with Gasteiger partial charge < -0.3 is 20.5 Å². The van der Waals surface area contributed by atoms with Gasteiger partial charge in [-0.3, -0.25) is 4.79 Å². The van der Waals surface area contributed by atoms with E-state index in [1.54, 1.807) is 48.8 Å². The number of amides is 1. The average Bonchev–Trinajstić information content (AvgIpc) is 3.20. The van der Waals surface area contributed by atoms with Gasteiger partial charge in [-0.25, -0.2) is 4.79 Å². The van der Waals surface area contributed by atoms with E-state index in [1.165, 1.54) is 17.0 Å². The predicted molar refractivity (Wildman–Crippen MR) is 106 cm³/mol. The zero-order chi connectivity index (χ0) is 19.2. The van der Waals surface area contributed by atoms with Crippen LogP contribution in [0.1, 0.15) is 25.6 Å². The number of rotatable bonds is 7. The fourth-order valence-corrected chi connectivity index (χ4v) is 3.13. The predicted octanol–water partition coefficient (Wildman–Crippen LogP) is 4.32. The molecule has 0 saturated heterocycles. The van der Waals surface area contributed by atoms with Crippen LogP contribution >= 0.6 is 11.3 Å². The number of thiophene rings is 1. The van der Waals surface area contributed by atoms with Gasteiger partial charge in [0.2, 0.25) is 0 Å². The second kappa shape index (κ2) is 8.37. The van der Waals surface area contributed by atoms with Crippen molar-refractivity contribution in [3.63, 3.8) is 0 Å². The molecule has 6 nitrogen and oxygen atoms in total. The molecule has 1 amide bonds. The van der Waals surface area contributed by atoms with Crippen molar-refractivity contribution in [3.8, 4) is 5.75 Å². The second-order valence-corrected chi connectivity index (χ2v) is 6.72. The number of hydrogen-bond acceptors (Lipinski definition) is 5. The van der Waals surface area contributed by atoms with E-state index in [9.17, 15) is 9.59 Å². The molecule has 1 aromatic heterocycles. The lowest BCUT2D eigenvalue weighted by Gasteiger charge is -2.13. The van der Waals surface area contributed by atoms with E-state index >= 15 is 0 Å². The molecule has 0 unspecified atom stereocenters. The molecule has 0 saturated carbocycles. The maximum atomic E-state index is 12.5. The van der Waals surface area contributed by atoms with Crippen LogP contribution in [-0.4, -0.2) is 24.1 Å². The van der Waals surface area contributed by atoms with E-state index in [-0.39, 0.29) is 11.5 Å². The van der Waals surface area contributed by atoms with Gasteiger partial charge in [0, 0.05) is 22.7 Å². The second-order valence-electron chi connectivity index (χ2n) is 5.68. The highest BCUT2D eigenvalue weighted by Crippen LogP contribution is 2.27. The van der Waals surface area contributed by atoms with Crippen LogP contribution < -0.4 is 15.4 Å². The molecule has 138 valence electrons. The van der Waals surface area contributed by atoms with Gasteiger partial charge in [-0.2, -0.15) is 0 Å². The Balaban J connectivity index is 1.73. The first-order valence-corrected chi connectivity index (χ1v) is 9.04. The molecular formula is C20H18N2O4S. The van der Waals surface area contributed by atoms with Gasteiger partial charge in [-0.15, -0.1) is 11.3 Å². The average molecular weight is 382 g/mol. The van der Waals surface area contributed by atoms with Gasteiger partial charge in [0.15, 0.2) is 0 Å². The molecule has 1 heterocycles. The Kier molecular flexibility index (Phi) is 5.73. The fourth-order valence-electron chi connectivity index (χ4n) is 2.48. The number of nitrogens with one attached hydrogen (secondary N) is 2. The lowest BCUT2D eigenvalue weighted by Crippen LogP contribution is -2.13. The SMILES string of the molecule is COc1ccc(C(=O)Nc2ccc(C(=O)O)cc2)cc1NCc1cccs1. The lowest BCUT2D eigenvalue weighted by atomic mass is 10.1. The number of aromatic carboxylic acids is 1. The van der Waals surface area contributed by atoms with Crippen LogP contribution in [0.5, 0.6) is 5.75 Å². The minimum absolute atomic E-state index is 0.164. The fraction of sp³-hybridized carbons (Fsp3) is 0.100. The number of ether oxygens (including phenoxy) is 1. The Bertz CT molecular complexity index is 937. The van der Waals surface area contributed by atoms with Gasteiger partial charge in [0.05, 0.1) is 18.4 Å². The van der Waals surface area contributed by atoms with Crippen LogP contribution in [0, 0.1) is 0 Å². The Morgan fingerprint density at radius 2 is 1.81 bits per heavy atom. The van der Waals surface area contributed by atoms with Gasteiger partial charge in [-0.05, 0) is 53.9 Å². The van der Waals surface area contributed by atoms with Crippen molar-refractivity contribution in [1.82, 2.24) is 0 Å². The highest BCUT2D eigenvalue weighted by Gasteiger charge is 2.11. The Morgan fingerprint density at radius 3 is 2.44 bits per heavy atom. The van der Waals surface area contributed by atoms with Crippen molar-refractivity contribution < 1.29 is 19.4 Å². The van der Waals surface area contributed by atoms with E-state index in [4.69, 9.17) is 9.84 Å². The zero-order valence-corrected chi connectivity index (χ0v) is 15.4. The molecule has 0 atom stereocenters. The Hall–Kier alpha value is -3.32. The summed E-state index contributed by atoms with van der Waals surface area (Å²) in [4.78, 5) is 24.6. The molecular weight excluding hydrogens is 364 g/mol. The molecule has 3 aromatic rings. The Labute approximate surface area is 160 Å². The first-order valence-electron chi connectivity index (χ1n) is 8.16. The van der Waals surface area contributed by atoms with Gasteiger partial charge >= 0.3 is 5.97 Å². The highest BCUT2D eigenvalue weighted by molar-refractivity contribution is 7.09. The third kappa shape index (κ3) is 4.65. The quantitative estimate of drug-likeness (QED) is 0.566. The van der Waals surface area contributed by atoms with Crippen molar-refractivity contribution in [1.29, 1.82) is 0 Å². The van der Waals surface area contributed by atoms with Crippen LogP contribution in [0.3, 0.4) is 0 Å². The van der Waals surface area contributed by atoms with Gasteiger partial charge in [-0.1, -0.05) is 6.07 Å². The first-order chi connectivity index (χ1) is 13.1. The minimum atomic E-state index is -1.01. The summed E-state index contributed by atoms with van der Waals surface area (Å²) in [5, 5.41) is 17.0. The third-order valence-corrected chi connectivity index (χ3v) is 4.76. The molecule has 0 aliphatic heterocycles. The number of anilines is 2. The van der Waals surface area contributed by atoms with Crippen molar-refractivity contribution in [3.05, 3.63) is 76.0 Å². The van der Waals surface area contributed by atoms with E-state index in [0.717, 1.165) is 5.69 Å². The van der Waals surface area contributed by atoms with Crippen LogP contribution in [-0.2, 0) is 6.54 Å². The molecule has 2 aromatic carbocycles. The number of carboxylic acid groups (broad SMARTS) is 1. The molecule has 0 spiro atoms. The summed E-state index contributed by atoms with van der Waals surface area (Å²) in [6.45, 7) is 0.635. The molecule has 3 N–H and O–H groups in total. The monoisotopic (exact) mass is 382 g/mol. The van der Waals surface area contributed by atoms with Gasteiger partial charge in [0.1, 0.15) is 5.75 Å². The van der Waals surface area contributed by atoms with Crippen LogP contribution in [0.2, 0.25) is 0 Å². The van der Waals surface area contributed by atoms with E-state index in [0.29, 0.717) is 23.5 Å². The zero-order valence-electron chi connectivity index (χ0n) is 14.6. The molecule has 27 heavy (non-hydrogen) atoms. The maximum absolute atomic E-state index is 12.5. The first kappa shape index (κ1) is 18.5. The molecule has 3 rings (SSSR count). The summed E-state index contributed by atoms with van der Waals surface area (Å²) in [5.74, 6) is -0.654. The number of carbonyl (C=O) groups excluding carboxylic acids is 1. The number of hydrogen-bond donors (Lipinski definition) is 3. The highest BCUT2D eigenvalue weighted by atomic mass is 32.1. The summed E-state index contributed by atoms with van der Waals surface area (Å²) in [5.41, 5.74) is 1.87. The molecule has 0 aliphatic rings. The van der Waals surface area contributed by atoms with E-state index in [1.807, 2.05) is 17.5 Å². The van der Waals surface area contributed by atoms with Crippen LogP contribution in [0.25, 0.3) is 0 Å². The van der Waals surface area contributed by atoms with Crippen molar-refractivity contribution in [2.24, 2.45) is 0 Å². The molecule has 0 fully saturated rings. The van der Waals surface area contributed by atoms with Crippen molar-refractivity contribution in [2.75, 3.05) is 17.7 Å². The number of carboxylic acids is 1. The van der Waals surface area contributed by atoms with Crippen molar-refractivity contribution >= 4 is 34.6 Å². The molecule has 7 heteroatoms. The van der Waals surface area contributed by atoms with E-state index < -0.39 is 5.97 Å². The largest absolute Gasteiger partial charge is 0.495 e. The third-order valence-electron chi connectivity index (χ3n) is 3.88. The van der Waals surface area contributed by atoms with Crippen molar-refractivity contribution in [2.45, 2.75) is 6.54 Å². The topological polar surface area (TPSA) is 87.7 Å². The summed E-state index contributed by atoms with van der Waals surface area (Å²) >= 11 is 1.65. The Morgan fingerprint density at radius 1 is 1.07 bits per heavy atom. The number of carbonyl (C=O) groups is 2. The van der Waals surface area contributed by atoms with Crippen LogP contribution in [0.4, 0.5) is 11.4 Å². The normalized spacial score (nSPS) is 10.3. The smallest absolute Gasteiger partial charge is 0.335 e. The maximum Gasteiger partial charge on any atom is 0.335 e.